The smallest absolute Gasteiger partial charge is 0.335 e. The summed E-state index contributed by atoms with van der Waals surface area (Å²) in [7, 11) is 0. The number of allylic oxidation sites excluding steroid dienone is 1. The summed E-state index contributed by atoms with van der Waals surface area (Å²) in [5.41, 5.74) is 0. The van der Waals surface area contributed by atoms with Crippen LogP contribution in [0.15, 0.2) is 11.8 Å². The van der Waals surface area contributed by atoms with Crippen LogP contribution in [0.4, 0.5) is 0 Å². The van der Waals surface area contributed by atoms with Crippen molar-refractivity contribution in [3.8, 4) is 0 Å². The third kappa shape index (κ3) is 18.3. The third-order valence-electron chi connectivity index (χ3n) is 8.47. The van der Waals surface area contributed by atoms with E-state index in [1.54, 1.807) is 34.6 Å². The molecule has 0 spiro atoms. The predicted molar refractivity (Wildman–Crippen MR) is 186 cm³/mol. The van der Waals surface area contributed by atoms with Crippen LogP contribution in [0.25, 0.3) is 0 Å². The Hall–Kier alpha value is -2.86. The van der Waals surface area contributed by atoms with Gasteiger partial charge in [-0.2, -0.15) is 0 Å². The Morgan fingerprint density at radius 2 is 0.912 bits per heavy atom. The Morgan fingerprint density at radius 1 is 0.544 bits per heavy atom. The molecule has 2 fully saturated rings. The van der Waals surface area contributed by atoms with Crippen molar-refractivity contribution in [3.05, 3.63) is 11.8 Å². The fourth-order valence-corrected chi connectivity index (χ4v) is 4.68. The van der Waals surface area contributed by atoms with Gasteiger partial charge in [-0.15, -0.1) is 0 Å². The number of Topliss-reactive ketones (excluding diaryl/α,β-unsaturated/α-hetero) is 2. The first-order valence-corrected chi connectivity index (χ1v) is 17.2. The maximum absolute atomic E-state index is 10.5. The zero-order valence-corrected chi connectivity index (χ0v) is 32.2. The molecule has 3 rings (SSSR count). The highest BCUT2D eigenvalue weighted by atomic mass is 16.5. The number of hydrogen-bond acceptors (Lipinski definition) is 22. The first kappa shape index (κ1) is 56.2. The van der Waals surface area contributed by atoms with Crippen molar-refractivity contribution in [2.24, 2.45) is 0 Å². The van der Waals surface area contributed by atoms with E-state index in [1.165, 1.54) is 6.08 Å². The molecule has 57 heavy (non-hydrogen) atoms. The molecule has 0 saturated carbocycles. The maximum Gasteiger partial charge on any atom is 0.335 e. The molecule has 18 unspecified atom stereocenters. The summed E-state index contributed by atoms with van der Waals surface area (Å²) in [4.78, 5) is 40.8. The molecular formula is C33H60O24. The average Bonchev–Trinajstić information content (AvgIpc) is 3.14. The fourth-order valence-electron chi connectivity index (χ4n) is 4.68. The zero-order chi connectivity index (χ0) is 45.4. The van der Waals surface area contributed by atoms with Crippen LogP contribution >= 0.6 is 0 Å². The van der Waals surface area contributed by atoms with Gasteiger partial charge in [0.1, 0.15) is 85.5 Å². The van der Waals surface area contributed by atoms with Crippen LogP contribution in [0.1, 0.15) is 48.5 Å². The van der Waals surface area contributed by atoms with Gasteiger partial charge in [-0.1, -0.05) is 0 Å². The van der Waals surface area contributed by atoms with Gasteiger partial charge in [-0.05, 0) is 54.5 Å². The summed E-state index contributed by atoms with van der Waals surface area (Å²) in [5.74, 6) is -4.30. The van der Waals surface area contributed by atoms with E-state index < -0.39 is 133 Å². The molecule has 0 aliphatic carbocycles. The number of aliphatic hydroxyl groups is 15. The molecule has 18 atom stereocenters. The molecule has 3 aliphatic heterocycles. The topological polar surface area (TPSA) is 440 Å². The van der Waals surface area contributed by atoms with E-state index >= 15 is 0 Å². The molecule has 0 bridgehead atoms. The quantitative estimate of drug-likeness (QED) is 0.102. The van der Waals surface area contributed by atoms with E-state index in [0.29, 0.717) is 5.76 Å². The Morgan fingerprint density at radius 3 is 1.25 bits per heavy atom. The molecule has 3 heterocycles. The molecule has 0 amide bonds. The van der Waals surface area contributed by atoms with Crippen molar-refractivity contribution in [1.82, 2.24) is 0 Å². The Bertz CT molecular complexity index is 1190. The number of carbonyl (C=O) groups is 4. The van der Waals surface area contributed by atoms with E-state index in [4.69, 9.17) is 70.4 Å². The molecule has 3 aliphatic rings. The lowest BCUT2D eigenvalue weighted by atomic mass is 9.96. The van der Waals surface area contributed by atoms with Gasteiger partial charge in [0, 0.05) is 0 Å². The summed E-state index contributed by atoms with van der Waals surface area (Å²) in [6.07, 6.45) is -21.3. The number of carbonyl (C=O) groups excluding carboxylic acids is 2. The van der Waals surface area contributed by atoms with Crippen LogP contribution in [-0.2, 0) is 33.4 Å². The summed E-state index contributed by atoms with van der Waals surface area (Å²) in [6.45, 7) is 9.96. The third-order valence-corrected chi connectivity index (χ3v) is 8.47. The molecule has 0 aromatic heterocycles. The van der Waals surface area contributed by atoms with Gasteiger partial charge < -0.3 is 101 Å². The van der Waals surface area contributed by atoms with Crippen LogP contribution in [0.3, 0.4) is 0 Å². The number of aliphatic carboxylic acids is 2. The molecule has 0 aromatic rings. The van der Waals surface area contributed by atoms with Crippen molar-refractivity contribution < 1.29 is 120 Å². The lowest BCUT2D eigenvalue weighted by molar-refractivity contribution is -0.224. The highest BCUT2D eigenvalue weighted by Gasteiger charge is 2.42. The van der Waals surface area contributed by atoms with Gasteiger partial charge in [-0.3, -0.25) is 9.59 Å². The second-order valence-electron chi connectivity index (χ2n) is 13.3. The standard InChI is InChI=1S/C7H12O7.C7H14O5.C7H14O4.C7H12O3.C5H8O5/c1-2(8)3(9)4(10)5(11)6(12)7(13)14;1-3-5(9)7(11)6(10)4(2-8)12-3;1-3-5(8)7(10)6(9)4(2)11-3;1-4-3-6(8)7(9)5(2)10-4;1-2(6)3(7)4(8)5(9)10/h3-6,9-12H,1H3,(H,13,14);3-11H,2H2,1H3;3-10H,1-2H3;3,5-9H,1-2H3;3-4,7-8H,1H3,(H,9,10). The van der Waals surface area contributed by atoms with Crippen LogP contribution in [0.2, 0.25) is 0 Å². The average molecular weight is 841 g/mol. The number of ketones is 2. The summed E-state index contributed by atoms with van der Waals surface area (Å²) < 4.78 is 15.3. The molecule has 24 heteroatoms. The number of carboxylic acids is 2. The molecular weight excluding hydrogens is 780 g/mol. The number of hydrogen-bond donors (Lipinski definition) is 17. The second-order valence-corrected chi connectivity index (χ2v) is 13.3. The van der Waals surface area contributed by atoms with E-state index in [0.717, 1.165) is 13.8 Å². The Labute approximate surface area is 326 Å². The summed E-state index contributed by atoms with van der Waals surface area (Å²) in [6, 6.07) is 0. The molecule has 24 nitrogen and oxygen atoms in total. The molecule has 0 radical (unpaired) electrons. The van der Waals surface area contributed by atoms with Crippen LogP contribution in [0, 0.1) is 0 Å². The number of aliphatic hydroxyl groups excluding tert-OH is 15. The summed E-state index contributed by atoms with van der Waals surface area (Å²) >= 11 is 0. The summed E-state index contributed by atoms with van der Waals surface area (Å²) in [5, 5.41) is 151. The van der Waals surface area contributed by atoms with Crippen LogP contribution in [-0.4, -0.2) is 233 Å². The van der Waals surface area contributed by atoms with E-state index in [9.17, 15) is 49.8 Å². The van der Waals surface area contributed by atoms with Crippen molar-refractivity contribution in [1.29, 1.82) is 0 Å². The zero-order valence-electron chi connectivity index (χ0n) is 32.2. The molecule has 17 N–H and O–H groups in total. The normalized spacial score (nSPS) is 35.2. The van der Waals surface area contributed by atoms with Gasteiger partial charge in [0.2, 0.25) is 0 Å². The lowest BCUT2D eigenvalue weighted by Gasteiger charge is -2.38. The molecule has 336 valence electrons. The van der Waals surface area contributed by atoms with Crippen molar-refractivity contribution in [2.75, 3.05) is 6.61 Å². The second kappa shape index (κ2) is 26.3. The van der Waals surface area contributed by atoms with E-state index in [-0.39, 0.29) is 12.7 Å². The van der Waals surface area contributed by atoms with Crippen LogP contribution < -0.4 is 0 Å². The largest absolute Gasteiger partial charge is 0.493 e. The first-order valence-electron chi connectivity index (χ1n) is 17.2. The lowest BCUT2D eigenvalue weighted by Crippen LogP contribution is -2.57. The minimum Gasteiger partial charge on any atom is -0.493 e. The van der Waals surface area contributed by atoms with Gasteiger partial charge >= 0.3 is 11.9 Å². The van der Waals surface area contributed by atoms with Gasteiger partial charge in [0.25, 0.3) is 0 Å². The number of ether oxygens (including phenoxy) is 3. The highest BCUT2D eigenvalue weighted by Crippen LogP contribution is 2.21. The Kier molecular flexibility index (Phi) is 25.9. The SMILES string of the molecule is CC(=O)C(O)C(O)C(=O)O.CC(=O)C(O)C(O)C(O)C(O)C(=O)O.CC1=CC(O)C(O)C(C)O1.CC1OC(C)C(O)C(O)C1O.CC1OC(CO)C(O)C(O)C1O. The fraction of sp³-hybridized carbons (Fsp3) is 0.818. The maximum atomic E-state index is 10.5. The predicted octanol–water partition coefficient (Wildman–Crippen LogP) is -7.76. The molecule has 0 aromatic carbocycles. The van der Waals surface area contributed by atoms with Crippen LogP contribution in [0.5, 0.6) is 0 Å². The van der Waals surface area contributed by atoms with E-state index in [1.807, 2.05) is 0 Å². The minimum atomic E-state index is -2.25. The Balaban J connectivity index is 0. The van der Waals surface area contributed by atoms with Crippen molar-refractivity contribution in [2.45, 2.75) is 164 Å². The molecule has 2 saturated heterocycles. The van der Waals surface area contributed by atoms with Gasteiger partial charge in [0.15, 0.2) is 23.8 Å². The minimum absolute atomic E-state index is 0.306. The number of carboxylic acid groups (broad SMARTS) is 2. The monoisotopic (exact) mass is 840 g/mol. The van der Waals surface area contributed by atoms with E-state index in [2.05, 4.69) is 0 Å². The van der Waals surface area contributed by atoms with Crippen molar-refractivity contribution >= 4 is 23.5 Å². The van der Waals surface area contributed by atoms with Gasteiger partial charge in [-0.25, -0.2) is 9.59 Å². The van der Waals surface area contributed by atoms with Gasteiger partial charge in [0.05, 0.1) is 30.7 Å². The number of rotatable bonds is 9. The highest BCUT2D eigenvalue weighted by molar-refractivity contribution is 5.87. The first-order chi connectivity index (χ1) is 26.0. The van der Waals surface area contributed by atoms with Crippen molar-refractivity contribution in [3.63, 3.8) is 0 Å².